The number of hydrogen-bond donors (Lipinski definition) is 1. The monoisotopic (exact) mass is 368 g/mol. The Hall–Kier alpha value is -2.00. The minimum absolute atomic E-state index is 0.101. The van der Waals surface area contributed by atoms with Crippen LogP contribution in [0.15, 0.2) is 29.1 Å². The first kappa shape index (κ1) is 17.8. The van der Waals surface area contributed by atoms with E-state index in [0.717, 1.165) is 0 Å². The quantitative estimate of drug-likeness (QED) is 0.862. The van der Waals surface area contributed by atoms with Crippen molar-refractivity contribution in [1.82, 2.24) is 19.1 Å². The minimum Gasteiger partial charge on any atom is -0.246 e. The van der Waals surface area contributed by atoms with Gasteiger partial charge in [-0.15, -0.1) is 0 Å². The summed E-state index contributed by atoms with van der Waals surface area (Å²) in [6.07, 6.45) is 1.88. The number of aromatic nitrogens is 3. The lowest BCUT2D eigenvalue weighted by molar-refractivity contribution is 0.270. The summed E-state index contributed by atoms with van der Waals surface area (Å²) in [7, 11) is -3.16. The molecule has 7 nitrogen and oxygen atoms in total. The second kappa shape index (κ2) is 7.09. The highest BCUT2D eigenvalue weighted by Crippen LogP contribution is 2.23. The molecule has 0 unspecified atom stereocenters. The molecule has 1 N–H and O–H groups in total. The van der Waals surface area contributed by atoms with Crippen LogP contribution in [0.3, 0.4) is 0 Å². The fourth-order valence-corrected chi connectivity index (χ4v) is 4.31. The van der Waals surface area contributed by atoms with Crippen LogP contribution < -0.4 is 5.69 Å². The topological polar surface area (TPSA) is 88.1 Å². The molecule has 3 rings (SSSR count). The molecular weight excluding hydrogens is 347 g/mol. The average molecular weight is 368 g/mol. The number of aromatic amines is 1. The van der Waals surface area contributed by atoms with Crippen LogP contribution >= 0.6 is 0 Å². The molecule has 0 aliphatic carbocycles. The van der Waals surface area contributed by atoms with Crippen molar-refractivity contribution in [2.45, 2.75) is 26.2 Å². The molecule has 9 heteroatoms. The van der Waals surface area contributed by atoms with Crippen molar-refractivity contribution in [2.75, 3.05) is 18.8 Å². The maximum absolute atomic E-state index is 14.0. The molecule has 0 saturated carbocycles. The van der Waals surface area contributed by atoms with Crippen LogP contribution in [0.2, 0.25) is 0 Å². The third-order valence-electron chi connectivity index (χ3n) is 4.64. The van der Waals surface area contributed by atoms with Crippen LogP contribution in [-0.4, -0.2) is 46.3 Å². The molecule has 0 bridgehead atoms. The van der Waals surface area contributed by atoms with E-state index in [4.69, 9.17) is 0 Å². The molecule has 136 valence electrons. The second-order valence-corrected chi connectivity index (χ2v) is 8.44. The summed E-state index contributed by atoms with van der Waals surface area (Å²) in [5.74, 6) is 0.274. The predicted octanol–water partition coefficient (Wildman–Crippen LogP) is 1.30. The molecule has 1 aliphatic rings. The molecule has 2 heterocycles. The molecular formula is C16H21FN4O3S. The molecule has 1 aromatic heterocycles. The van der Waals surface area contributed by atoms with Crippen LogP contribution in [0.25, 0.3) is 5.69 Å². The maximum atomic E-state index is 14.0. The Labute approximate surface area is 145 Å². The third kappa shape index (κ3) is 3.67. The van der Waals surface area contributed by atoms with Gasteiger partial charge in [-0.3, -0.25) is 0 Å². The third-order valence-corrected chi connectivity index (χ3v) is 6.52. The zero-order valence-corrected chi connectivity index (χ0v) is 14.8. The summed E-state index contributed by atoms with van der Waals surface area (Å²) in [5, 5.41) is 6.42. The number of nitrogens with zero attached hydrogens (tertiary/aromatic N) is 3. The van der Waals surface area contributed by atoms with E-state index >= 15 is 0 Å². The van der Waals surface area contributed by atoms with E-state index in [1.54, 1.807) is 19.1 Å². The van der Waals surface area contributed by atoms with Crippen molar-refractivity contribution in [1.29, 1.82) is 0 Å². The molecule has 1 aromatic carbocycles. The van der Waals surface area contributed by atoms with E-state index in [-0.39, 0.29) is 17.4 Å². The summed E-state index contributed by atoms with van der Waals surface area (Å²) in [4.78, 5) is 12.0. The Balaban J connectivity index is 1.76. The average Bonchev–Trinajstić information content (AvgIpc) is 2.96. The Bertz CT molecular complexity index is 898. The van der Waals surface area contributed by atoms with Crippen LogP contribution in [0.5, 0.6) is 0 Å². The van der Waals surface area contributed by atoms with Crippen molar-refractivity contribution in [2.24, 2.45) is 5.92 Å². The molecule has 0 radical (unpaired) electrons. The first-order valence-corrected chi connectivity index (χ1v) is 9.92. The highest BCUT2D eigenvalue weighted by atomic mass is 32.2. The second-order valence-electron chi connectivity index (χ2n) is 6.18. The normalized spacial score (nSPS) is 17.0. The van der Waals surface area contributed by atoms with Gasteiger partial charge in [-0.25, -0.2) is 31.6 Å². The number of H-pyrrole nitrogens is 1. The molecule has 0 spiro atoms. The summed E-state index contributed by atoms with van der Waals surface area (Å²) >= 11 is 0. The van der Waals surface area contributed by atoms with E-state index in [2.05, 4.69) is 10.2 Å². The molecule has 2 aromatic rings. The molecule has 0 amide bonds. The minimum atomic E-state index is -3.16. The van der Waals surface area contributed by atoms with Crippen LogP contribution in [-0.2, 0) is 16.4 Å². The number of benzene rings is 1. The zero-order chi connectivity index (χ0) is 18.0. The van der Waals surface area contributed by atoms with E-state index in [0.29, 0.717) is 38.2 Å². The van der Waals surface area contributed by atoms with E-state index in [9.17, 15) is 17.6 Å². The maximum Gasteiger partial charge on any atom is 0.348 e. The van der Waals surface area contributed by atoms with Crippen molar-refractivity contribution >= 4 is 10.0 Å². The van der Waals surface area contributed by atoms with Gasteiger partial charge in [0.1, 0.15) is 11.6 Å². The number of rotatable bonds is 5. The summed E-state index contributed by atoms with van der Waals surface area (Å²) in [5.41, 5.74) is -0.312. The van der Waals surface area contributed by atoms with Crippen molar-refractivity contribution in [3.63, 3.8) is 0 Å². The van der Waals surface area contributed by atoms with Gasteiger partial charge in [-0.1, -0.05) is 12.1 Å². The Morgan fingerprint density at radius 2 is 1.96 bits per heavy atom. The first-order chi connectivity index (χ1) is 11.9. The van der Waals surface area contributed by atoms with Crippen LogP contribution in [0.4, 0.5) is 4.39 Å². The smallest absolute Gasteiger partial charge is 0.246 e. The van der Waals surface area contributed by atoms with Gasteiger partial charge in [0.2, 0.25) is 10.0 Å². The highest BCUT2D eigenvalue weighted by molar-refractivity contribution is 7.89. The van der Waals surface area contributed by atoms with E-state index < -0.39 is 21.5 Å². The van der Waals surface area contributed by atoms with Gasteiger partial charge in [0.05, 0.1) is 11.4 Å². The van der Waals surface area contributed by atoms with Crippen LogP contribution in [0, 0.1) is 11.7 Å². The number of halogens is 1. The van der Waals surface area contributed by atoms with Gasteiger partial charge in [0.25, 0.3) is 0 Å². The lowest BCUT2D eigenvalue weighted by atomic mass is 9.94. The lowest BCUT2D eigenvalue weighted by Gasteiger charge is -2.30. The Kier molecular flexibility index (Phi) is 5.05. The van der Waals surface area contributed by atoms with Crippen molar-refractivity contribution in [3.8, 4) is 5.69 Å². The molecule has 1 fully saturated rings. The van der Waals surface area contributed by atoms with Gasteiger partial charge in [0, 0.05) is 19.5 Å². The van der Waals surface area contributed by atoms with E-state index in [1.165, 1.54) is 21.0 Å². The number of hydrogen-bond acceptors (Lipinski definition) is 4. The summed E-state index contributed by atoms with van der Waals surface area (Å²) in [6, 6.07) is 6.06. The van der Waals surface area contributed by atoms with Gasteiger partial charge in [0.15, 0.2) is 0 Å². The van der Waals surface area contributed by atoms with Gasteiger partial charge in [-0.2, -0.15) is 5.10 Å². The van der Waals surface area contributed by atoms with Crippen LogP contribution in [0.1, 0.15) is 25.6 Å². The lowest BCUT2D eigenvalue weighted by Crippen LogP contribution is -2.39. The fourth-order valence-electron chi connectivity index (χ4n) is 3.18. The largest absolute Gasteiger partial charge is 0.348 e. The van der Waals surface area contributed by atoms with Crippen molar-refractivity contribution < 1.29 is 12.8 Å². The van der Waals surface area contributed by atoms with Gasteiger partial charge in [-0.05, 0) is 37.8 Å². The number of nitrogens with one attached hydrogen (secondary N) is 1. The molecule has 1 saturated heterocycles. The fraction of sp³-hybridized carbons (Fsp3) is 0.500. The molecule has 1 aliphatic heterocycles. The van der Waals surface area contributed by atoms with Crippen molar-refractivity contribution in [3.05, 3.63) is 46.4 Å². The number of sulfonamides is 1. The Morgan fingerprint density at radius 1 is 1.28 bits per heavy atom. The van der Waals surface area contributed by atoms with Gasteiger partial charge < -0.3 is 0 Å². The van der Waals surface area contributed by atoms with Gasteiger partial charge >= 0.3 is 5.69 Å². The highest BCUT2D eigenvalue weighted by Gasteiger charge is 2.28. The number of para-hydroxylation sites is 1. The molecule has 0 atom stereocenters. The Morgan fingerprint density at radius 3 is 2.60 bits per heavy atom. The van der Waals surface area contributed by atoms with E-state index in [1.807, 2.05) is 0 Å². The zero-order valence-electron chi connectivity index (χ0n) is 14.0. The predicted molar refractivity (Wildman–Crippen MR) is 91.6 cm³/mol. The summed E-state index contributed by atoms with van der Waals surface area (Å²) < 4.78 is 40.6. The number of piperidine rings is 1. The first-order valence-electron chi connectivity index (χ1n) is 8.31. The standard InChI is InChI=1S/C16H21FN4O3S/c1-2-25(23,24)20-9-7-12(8-10-20)11-15-18-19-16(22)21(15)14-6-4-3-5-13(14)17/h3-6,12H,2,7-11H2,1H3,(H,19,22). The SMILES string of the molecule is CCS(=O)(=O)N1CCC(Cc2n[nH]c(=O)n2-c2ccccc2F)CC1. The summed E-state index contributed by atoms with van der Waals surface area (Å²) in [6.45, 7) is 2.57. The molecule has 25 heavy (non-hydrogen) atoms.